The Hall–Kier alpha value is -2.96. The van der Waals surface area contributed by atoms with E-state index in [1.807, 2.05) is 29.6 Å². The number of aromatic nitrogens is 4. The van der Waals surface area contributed by atoms with Crippen molar-refractivity contribution >= 4 is 22.8 Å². The number of hydrogen-bond donors (Lipinski definition) is 0. The molecule has 0 radical (unpaired) electrons. The number of rotatable bonds is 5. The molecular formula is C23H30N6O. The molecule has 0 bridgehead atoms. The molecular weight excluding hydrogens is 376 g/mol. The highest BCUT2D eigenvalue weighted by atomic mass is 16.2. The minimum Gasteiger partial charge on any atom is -0.355 e. The number of aryl methyl sites for hydroxylation is 2. The van der Waals surface area contributed by atoms with E-state index in [0.717, 1.165) is 60.6 Å². The fraction of sp³-hybridized carbons (Fsp3) is 0.478. The SMILES string of the molecule is CCN(CC)C(=O)[C@@H]1CCCN(c2ncnc3c2cnn3-c2ccc(C)cc2C)C1. The maximum atomic E-state index is 12.9. The third kappa shape index (κ3) is 3.64. The fourth-order valence-corrected chi connectivity index (χ4v) is 4.47. The maximum Gasteiger partial charge on any atom is 0.227 e. The summed E-state index contributed by atoms with van der Waals surface area (Å²) < 4.78 is 1.89. The quantitative estimate of drug-likeness (QED) is 0.649. The molecule has 1 amide bonds. The van der Waals surface area contributed by atoms with Crippen molar-refractivity contribution in [1.29, 1.82) is 0 Å². The van der Waals surface area contributed by atoms with E-state index in [1.54, 1.807) is 6.33 Å². The number of piperidine rings is 1. The van der Waals surface area contributed by atoms with Crippen LogP contribution in [0.3, 0.4) is 0 Å². The molecule has 1 atom stereocenters. The lowest BCUT2D eigenvalue weighted by molar-refractivity contribution is -0.135. The van der Waals surface area contributed by atoms with Crippen molar-refractivity contribution in [3.05, 3.63) is 41.9 Å². The van der Waals surface area contributed by atoms with E-state index in [2.05, 4.69) is 52.0 Å². The molecule has 0 spiro atoms. The van der Waals surface area contributed by atoms with Crippen molar-refractivity contribution < 1.29 is 4.79 Å². The molecule has 4 rings (SSSR count). The van der Waals surface area contributed by atoms with Gasteiger partial charge in [0.05, 0.1) is 23.2 Å². The molecule has 0 saturated carbocycles. The predicted molar refractivity (Wildman–Crippen MR) is 119 cm³/mol. The van der Waals surface area contributed by atoms with Gasteiger partial charge in [-0.3, -0.25) is 4.79 Å². The summed E-state index contributed by atoms with van der Waals surface area (Å²) in [4.78, 5) is 26.2. The molecule has 1 aliphatic heterocycles. The molecule has 30 heavy (non-hydrogen) atoms. The van der Waals surface area contributed by atoms with E-state index in [1.165, 1.54) is 5.56 Å². The lowest BCUT2D eigenvalue weighted by Crippen LogP contribution is -2.45. The maximum absolute atomic E-state index is 12.9. The lowest BCUT2D eigenvalue weighted by Gasteiger charge is -2.35. The van der Waals surface area contributed by atoms with Crippen LogP contribution in [0.25, 0.3) is 16.7 Å². The number of nitrogens with zero attached hydrogens (tertiary/aromatic N) is 6. The Balaban J connectivity index is 1.67. The molecule has 0 aliphatic carbocycles. The third-order valence-corrected chi connectivity index (χ3v) is 6.07. The van der Waals surface area contributed by atoms with Gasteiger partial charge < -0.3 is 9.80 Å². The minimum atomic E-state index is 0.0121. The van der Waals surface area contributed by atoms with Gasteiger partial charge in [0.2, 0.25) is 5.91 Å². The smallest absolute Gasteiger partial charge is 0.227 e. The zero-order chi connectivity index (χ0) is 21.3. The normalized spacial score (nSPS) is 16.8. The molecule has 158 valence electrons. The molecule has 1 aliphatic rings. The number of fused-ring (bicyclic) bond motifs is 1. The van der Waals surface area contributed by atoms with Gasteiger partial charge in [0.15, 0.2) is 5.65 Å². The number of carbonyl (C=O) groups is 1. The lowest BCUT2D eigenvalue weighted by atomic mass is 9.96. The van der Waals surface area contributed by atoms with E-state index < -0.39 is 0 Å². The standard InChI is InChI=1S/C23H30N6O/c1-5-27(6-2)23(30)18-8-7-11-28(14-18)21-19-13-26-29(22(19)25-15-24-21)20-10-9-16(3)12-17(20)4/h9-10,12-13,15,18H,5-8,11,14H2,1-4H3/t18-/m1/s1. The summed E-state index contributed by atoms with van der Waals surface area (Å²) in [5, 5.41) is 5.56. The summed E-state index contributed by atoms with van der Waals surface area (Å²) in [5.74, 6) is 1.13. The number of carbonyl (C=O) groups excluding carboxylic acids is 1. The van der Waals surface area contributed by atoms with Crippen LogP contribution in [0.2, 0.25) is 0 Å². The van der Waals surface area contributed by atoms with E-state index in [0.29, 0.717) is 6.54 Å². The summed E-state index contributed by atoms with van der Waals surface area (Å²) in [6.45, 7) is 11.4. The first-order valence-corrected chi connectivity index (χ1v) is 10.8. The summed E-state index contributed by atoms with van der Waals surface area (Å²) in [5.41, 5.74) is 4.20. The molecule has 7 heteroatoms. The number of amides is 1. The predicted octanol–water partition coefficient (Wildman–Crippen LogP) is 3.52. The topological polar surface area (TPSA) is 67.2 Å². The van der Waals surface area contributed by atoms with Crippen LogP contribution in [-0.2, 0) is 4.79 Å². The molecule has 3 heterocycles. The van der Waals surface area contributed by atoms with E-state index >= 15 is 0 Å². The molecule has 1 aromatic carbocycles. The van der Waals surface area contributed by atoms with Crippen LogP contribution in [0, 0.1) is 19.8 Å². The molecule has 3 aromatic rings. The highest BCUT2D eigenvalue weighted by molar-refractivity contribution is 5.88. The highest BCUT2D eigenvalue weighted by Gasteiger charge is 2.30. The second-order valence-corrected chi connectivity index (χ2v) is 8.08. The van der Waals surface area contributed by atoms with Crippen LogP contribution >= 0.6 is 0 Å². The van der Waals surface area contributed by atoms with Crippen LogP contribution in [0.1, 0.15) is 37.8 Å². The first-order valence-electron chi connectivity index (χ1n) is 10.8. The minimum absolute atomic E-state index is 0.0121. The average molecular weight is 407 g/mol. The molecule has 2 aromatic heterocycles. The third-order valence-electron chi connectivity index (χ3n) is 6.07. The Bertz CT molecular complexity index is 1060. The van der Waals surface area contributed by atoms with Gasteiger partial charge in [0.25, 0.3) is 0 Å². The summed E-state index contributed by atoms with van der Waals surface area (Å²) in [7, 11) is 0. The summed E-state index contributed by atoms with van der Waals surface area (Å²) in [6.07, 6.45) is 5.37. The van der Waals surface area contributed by atoms with Gasteiger partial charge in [-0.05, 0) is 52.2 Å². The zero-order valence-electron chi connectivity index (χ0n) is 18.3. The largest absolute Gasteiger partial charge is 0.355 e. The second-order valence-electron chi connectivity index (χ2n) is 8.08. The van der Waals surface area contributed by atoms with Crippen LogP contribution in [0.5, 0.6) is 0 Å². The van der Waals surface area contributed by atoms with Crippen molar-refractivity contribution in [2.45, 2.75) is 40.5 Å². The molecule has 1 fully saturated rings. The van der Waals surface area contributed by atoms with Crippen LogP contribution in [0.4, 0.5) is 5.82 Å². The van der Waals surface area contributed by atoms with Crippen molar-refractivity contribution in [2.24, 2.45) is 5.92 Å². The van der Waals surface area contributed by atoms with Gasteiger partial charge in [-0.25, -0.2) is 14.6 Å². The highest BCUT2D eigenvalue weighted by Crippen LogP contribution is 2.29. The van der Waals surface area contributed by atoms with Crippen LogP contribution in [-0.4, -0.2) is 56.7 Å². The van der Waals surface area contributed by atoms with Gasteiger partial charge in [0.1, 0.15) is 12.1 Å². The Morgan fingerprint density at radius 2 is 2.00 bits per heavy atom. The summed E-state index contributed by atoms with van der Waals surface area (Å²) in [6, 6.07) is 6.32. The van der Waals surface area contributed by atoms with Crippen LogP contribution in [0.15, 0.2) is 30.7 Å². The zero-order valence-corrected chi connectivity index (χ0v) is 18.3. The average Bonchev–Trinajstić information content (AvgIpc) is 3.18. The Kier molecular flexibility index (Phi) is 5.70. The number of anilines is 1. The Morgan fingerprint density at radius 3 is 2.73 bits per heavy atom. The molecule has 1 saturated heterocycles. The van der Waals surface area contributed by atoms with Crippen molar-refractivity contribution in [3.8, 4) is 5.69 Å². The Morgan fingerprint density at radius 1 is 1.20 bits per heavy atom. The van der Waals surface area contributed by atoms with Crippen molar-refractivity contribution in [3.63, 3.8) is 0 Å². The van der Waals surface area contributed by atoms with Gasteiger partial charge >= 0.3 is 0 Å². The molecule has 0 unspecified atom stereocenters. The van der Waals surface area contributed by atoms with Gasteiger partial charge in [-0.2, -0.15) is 5.10 Å². The van der Waals surface area contributed by atoms with Crippen molar-refractivity contribution in [1.82, 2.24) is 24.6 Å². The van der Waals surface area contributed by atoms with Crippen LogP contribution < -0.4 is 4.90 Å². The van der Waals surface area contributed by atoms with E-state index in [9.17, 15) is 4.79 Å². The Labute approximate surface area is 177 Å². The molecule has 7 nitrogen and oxygen atoms in total. The summed E-state index contributed by atoms with van der Waals surface area (Å²) >= 11 is 0. The van der Waals surface area contributed by atoms with E-state index in [-0.39, 0.29) is 11.8 Å². The first kappa shape index (κ1) is 20.3. The second kappa shape index (κ2) is 8.42. The monoisotopic (exact) mass is 406 g/mol. The fourth-order valence-electron chi connectivity index (χ4n) is 4.47. The first-order chi connectivity index (χ1) is 14.5. The van der Waals surface area contributed by atoms with E-state index in [4.69, 9.17) is 0 Å². The number of hydrogen-bond acceptors (Lipinski definition) is 5. The van der Waals surface area contributed by atoms with Gasteiger partial charge in [-0.1, -0.05) is 17.7 Å². The number of benzene rings is 1. The van der Waals surface area contributed by atoms with Crippen molar-refractivity contribution in [2.75, 3.05) is 31.1 Å². The van der Waals surface area contributed by atoms with Gasteiger partial charge in [0, 0.05) is 26.2 Å². The molecule has 0 N–H and O–H groups in total. The van der Waals surface area contributed by atoms with Gasteiger partial charge in [-0.15, -0.1) is 0 Å².